The van der Waals surface area contributed by atoms with E-state index in [2.05, 4.69) is 0 Å². The summed E-state index contributed by atoms with van der Waals surface area (Å²) < 4.78 is 31.3. The van der Waals surface area contributed by atoms with Crippen LogP contribution in [-0.4, -0.2) is 31.2 Å². The van der Waals surface area contributed by atoms with Gasteiger partial charge in [-0.2, -0.15) is 0 Å². The van der Waals surface area contributed by atoms with Crippen molar-refractivity contribution in [1.29, 1.82) is 0 Å². The second-order valence-electron chi connectivity index (χ2n) is 3.59. The van der Waals surface area contributed by atoms with Gasteiger partial charge in [-0.3, -0.25) is 4.79 Å². The molecule has 5 nitrogen and oxygen atoms in total. The molecule has 0 saturated heterocycles. The maximum Gasteiger partial charge on any atom is 0.238 e. The van der Waals surface area contributed by atoms with Crippen LogP contribution in [0.5, 0.6) is 0 Å². The molecule has 0 unspecified atom stereocenters. The molecule has 0 N–H and O–H groups in total. The molecular formula is C10H10NO4S2-. The summed E-state index contributed by atoms with van der Waals surface area (Å²) in [6.45, 7) is 0.539. The Morgan fingerprint density at radius 3 is 2.82 bits per heavy atom. The molecule has 1 heterocycles. The van der Waals surface area contributed by atoms with E-state index < -0.39 is 9.15 Å². The van der Waals surface area contributed by atoms with E-state index in [1.54, 1.807) is 0 Å². The lowest BCUT2D eigenvalue weighted by atomic mass is 10.2. The Hall–Kier alpha value is -1.05. The van der Waals surface area contributed by atoms with E-state index in [0.29, 0.717) is 6.54 Å². The molecule has 1 aromatic carbocycles. The van der Waals surface area contributed by atoms with Gasteiger partial charge in [0.25, 0.3) is 0 Å². The Morgan fingerprint density at radius 2 is 2.12 bits per heavy atom. The first-order valence-electron chi connectivity index (χ1n) is 4.96. The minimum absolute atomic E-state index is 0.129. The highest BCUT2D eigenvalue weighted by Crippen LogP contribution is 2.28. The van der Waals surface area contributed by atoms with E-state index in [-0.39, 0.29) is 22.5 Å². The number of carbonyl (C=O) groups is 1. The van der Waals surface area contributed by atoms with Gasteiger partial charge in [0, 0.05) is 12.2 Å². The van der Waals surface area contributed by atoms with Crippen molar-refractivity contribution in [3.63, 3.8) is 0 Å². The van der Waals surface area contributed by atoms with Gasteiger partial charge in [-0.25, -0.2) is 8.42 Å². The molecule has 1 aromatic rings. The van der Waals surface area contributed by atoms with Gasteiger partial charge in [0.1, 0.15) is 9.15 Å². The molecule has 0 radical (unpaired) electrons. The number of amides is 1. The molecule has 2 rings (SSSR count). The molecule has 1 aliphatic heterocycles. The summed E-state index contributed by atoms with van der Waals surface area (Å²) in [4.78, 5) is 13.3. The number of carbonyl (C=O) groups excluding carboxylic acids is 1. The zero-order valence-electron chi connectivity index (χ0n) is 8.83. The van der Waals surface area contributed by atoms with Crippen molar-refractivity contribution >= 4 is 31.5 Å². The normalized spacial score (nSPS) is 14.8. The summed E-state index contributed by atoms with van der Waals surface area (Å²) in [5.41, 5.74) is 1.87. The summed E-state index contributed by atoms with van der Waals surface area (Å²) in [7, 11) is -4.28. The molecule has 1 amide bonds. The first kappa shape index (κ1) is 12.4. The molecule has 92 valence electrons. The smallest absolute Gasteiger partial charge is 0.238 e. The zero-order valence-corrected chi connectivity index (χ0v) is 10.5. The maximum absolute atomic E-state index is 11.8. The summed E-state index contributed by atoms with van der Waals surface area (Å²) in [6, 6.07) is 7.46. The van der Waals surface area contributed by atoms with Gasteiger partial charge in [0.15, 0.2) is 0 Å². The Balaban J connectivity index is 2.08. The number of benzene rings is 1. The van der Waals surface area contributed by atoms with Crippen LogP contribution < -0.4 is 4.90 Å². The Labute approximate surface area is 103 Å². The monoisotopic (exact) mass is 272 g/mol. The Morgan fingerprint density at radius 1 is 1.41 bits per heavy atom. The molecule has 0 atom stereocenters. The predicted molar refractivity (Wildman–Crippen MR) is 64.7 cm³/mol. The second-order valence-corrected chi connectivity index (χ2v) is 6.87. The SMILES string of the molecule is O=C(CSS(=O)(=O)[O-])N1CCc2ccccc21. The quantitative estimate of drug-likeness (QED) is 0.600. The van der Waals surface area contributed by atoms with Gasteiger partial charge in [0.05, 0.1) is 5.75 Å². The number of nitrogens with zero attached hydrogens (tertiary/aromatic N) is 1. The highest BCUT2D eigenvalue weighted by molar-refractivity contribution is 8.70. The molecule has 0 fully saturated rings. The highest BCUT2D eigenvalue weighted by Gasteiger charge is 2.24. The number of para-hydroxylation sites is 1. The maximum atomic E-state index is 11.8. The fourth-order valence-electron chi connectivity index (χ4n) is 1.80. The van der Waals surface area contributed by atoms with Crippen LogP contribution in [0.4, 0.5) is 5.69 Å². The van der Waals surface area contributed by atoms with Gasteiger partial charge in [-0.15, -0.1) is 0 Å². The van der Waals surface area contributed by atoms with Crippen LogP contribution in [-0.2, 0) is 20.4 Å². The molecular weight excluding hydrogens is 262 g/mol. The zero-order chi connectivity index (χ0) is 12.5. The van der Waals surface area contributed by atoms with Crippen LogP contribution in [0.1, 0.15) is 5.56 Å². The van der Waals surface area contributed by atoms with E-state index >= 15 is 0 Å². The number of hydrogen-bond acceptors (Lipinski definition) is 5. The highest BCUT2D eigenvalue weighted by atomic mass is 33.1. The Bertz CT molecular complexity index is 541. The predicted octanol–water partition coefficient (Wildman–Crippen LogP) is 0.769. The van der Waals surface area contributed by atoms with Crippen molar-refractivity contribution in [2.75, 3.05) is 17.2 Å². The number of fused-ring (bicyclic) bond motifs is 1. The lowest BCUT2D eigenvalue weighted by Gasteiger charge is -2.17. The third-order valence-electron chi connectivity index (χ3n) is 2.51. The van der Waals surface area contributed by atoms with Crippen LogP contribution in [0.15, 0.2) is 24.3 Å². The van der Waals surface area contributed by atoms with Crippen molar-refractivity contribution in [2.24, 2.45) is 0 Å². The fourth-order valence-corrected chi connectivity index (χ4v) is 2.93. The van der Waals surface area contributed by atoms with Crippen molar-refractivity contribution < 1.29 is 17.8 Å². The minimum atomic E-state index is -4.41. The van der Waals surface area contributed by atoms with E-state index in [1.807, 2.05) is 24.3 Å². The standard InChI is InChI=1S/C10H11NO4S2/c12-10(7-16-17(13,14)15)11-6-5-8-3-1-2-4-9(8)11/h1-4H,5-7H2,(H,13,14,15)/p-1. The van der Waals surface area contributed by atoms with E-state index in [9.17, 15) is 17.8 Å². The van der Waals surface area contributed by atoms with Gasteiger partial charge in [-0.1, -0.05) is 18.2 Å². The minimum Gasteiger partial charge on any atom is -0.739 e. The molecule has 1 aliphatic rings. The number of hydrogen-bond donors (Lipinski definition) is 0. The van der Waals surface area contributed by atoms with Crippen molar-refractivity contribution in [3.8, 4) is 0 Å². The van der Waals surface area contributed by atoms with Crippen molar-refractivity contribution in [3.05, 3.63) is 29.8 Å². The third kappa shape index (κ3) is 2.99. The molecule has 0 saturated carbocycles. The molecule has 0 aliphatic carbocycles. The van der Waals surface area contributed by atoms with Crippen LogP contribution in [0, 0.1) is 0 Å². The molecule has 17 heavy (non-hydrogen) atoms. The van der Waals surface area contributed by atoms with Gasteiger partial charge in [-0.05, 0) is 28.8 Å². The largest absolute Gasteiger partial charge is 0.739 e. The summed E-state index contributed by atoms with van der Waals surface area (Å²) in [5, 5.41) is 0. The third-order valence-corrected chi connectivity index (χ3v) is 4.39. The summed E-state index contributed by atoms with van der Waals surface area (Å²) >= 11 is 0. The first-order chi connectivity index (χ1) is 7.97. The van der Waals surface area contributed by atoms with Gasteiger partial charge in [0.2, 0.25) is 5.91 Å². The number of anilines is 1. The average Bonchev–Trinajstić information content (AvgIpc) is 2.68. The van der Waals surface area contributed by atoms with E-state index in [1.165, 1.54) is 4.90 Å². The van der Waals surface area contributed by atoms with Crippen molar-refractivity contribution in [2.45, 2.75) is 6.42 Å². The molecule has 0 aromatic heterocycles. The summed E-state index contributed by atoms with van der Waals surface area (Å²) in [5.74, 6) is -0.681. The molecule has 7 heteroatoms. The number of rotatable bonds is 3. The van der Waals surface area contributed by atoms with Crippen molar-refractivity contribution in [1.82, 2.24) is 0 Å². The Kier molecular flexibility index (Phi) is 3.41. The van der Waals surface area contributed by atoms with Crippen LogP contribution in [0.25, 0.3) is 0 Å². The molecule has 0 spiro atoms. The average molecular weight is 272 g/mol. The van der Waals surface area contributed by atoms with Gasteiger partial charge >= 0.3 is 0 Å². The van der Waals surface area contributed by atoms with Crippen LogP contribution in [0.2, 0.25) is 0 Å². The fraction of sp³-hybridized carbons (Fsp3) is 0.300. The van der Waals surface area contributed by atoms with E-state index in [0.717, 1.165) is 17.7 Å². The summed E-state index contributed by atoms with van der Waals surface area (Å²) in [6.07, 6.45) is 0.761. The van der Waals surface area contributed by atoms with E-state index in [4.69, 9.17) is 0 Å². The topological polar surface area (TPSA) is 77.5 Å². The lowest BCUT2D eigenvalue weighted by molar-refractivity contribution is -0.116. The first-order valence-corrected chi connectivity index (χ1v) is 7.87. The van der Waals surface area contributed by atoms with Crippen LogP contribution in [0.3, 0.4) is 0 Å². The molecule has 0 bridgehead atoms. The van der Waals surface area contributed by atoms with Crippen LogP contribution >= 0.6 is 10.8 Å². The second kappa shape index (κ2) is 4.67. The van der Waals surface area contributed by atoms with Gasteiger partial charge < -0.3 is 9.45 Å². The lowest BCUT2D eigenvalue weighted by Crippen LogP contribution is -2.30.